The molecule has 1 heterocycles. The molecule has 0 aromatic carbocycles. The molecule has 2 N–H and O–H groups in total. The summed E-state index contributed by atoms with van der Waals surface area (Å²) in [6.45, 7) is -0.291. The minimum absolute atomic E-state index is 0.238. The minimum atomic E-state index is -4.52. The highest BCUT2D eigenvalue weighted by Gasteiger charge is 2.28. The van der Waals surface area contributed by atoms with Crippen LogP contribution in [0.4, 0.5) is 13.2 Å². The monoisotopic (exact) mass is 292 g/mol. The van der Waals surface area contributed by atoms with Gasteiger partial charge in [0.1, 0.15) is 11.7 Å². The second-order valence-electron chi connectivity index (χ2n) is 3.80. The van der Waals surface area contributed by atoms with Gasteiger partial charge in [0.2, 0.25) is 5.88 Å². The van der Waals surface area contributed by atoms with Crippen LogP contribution in [-0.2, 0) is 4.79 Å². The fraction of sp³-hybridized carbons (Fsp3) is 0.364. The first-order valence-corrected chi connectivity index (χ1v) is 5.39. The van der Waals surface area contributed by atoms with Crippen molar-refractivity contribution in [2.45, 2.75) is 19.1 Å². The first kappa shape index (κ1) is 15.7. The lowest BCUT2D eigenvalue weighted by molar-refractivity contribution is -0.154. The number of nitrogens with zero attached hydrogens (tertiary/aromatic N) is 1. The molecule has 1 aromatic heterocycles. The van der Waals surface area contributed by atoms with Gasteiger partial charge in [0.15, 0.2) is 6.61 Å². The molecule has 0 bridgehead atoms. The fourth-order valence-corrected chi connectivity index (χ4v) is 1.11. The highest BCUT2D eigenvalue weighted by atomic mass is 19.4. The van der Waals surface area contributed by atoms with Crippen LogP contribution in [0.25, 0.3) is 0 Å². The third-order valence-corrected chi connectivity index (χ3v) is 2.06. The number of aromatic nitrogens is 1. The van der Waals surface area contributed by atoms with Crippen molar-refractivity contribution >= 4 is 11.9 Å². The number of halogens is 3. The van der Waals surface area contributed by atoms with E-state index in [2.05, 4.69) is 15.0 Å². The van der Waals surface area contributed by atoms with Crippen molar-refractivity contribution in [2.24, 2.45) is 0 Å². The van der Waals surface area contributed by atoms with E-state index in [1.54, 1.807) is 0 Å². The number of carboxylic acid groups (broad SMARTS) is 1. The Kier molecular flexibility index (Phi) is 4.89. The third kappa shape index (κ3) is 5.12. The van der Waals surface area contributed by atoms with E-state index in [1.807, 2.05) is 0 Å². The fourth-order valence-electron chi connectivity index (χ4n) is 1.11. The van der Waals surface area contributed by atoms with Crippen LogP contribution in [-0.4, -0.2) is 40.8 Å². The van der Waals surface area contributed by atoms with Crippen molar-refractivity contribution in [1.82, 2.24) is 10.3 Å². The first-order valence-electron chi connectivity index (χ1n) is 5.39. The Morgan fingerprint density at radius 2 is 2.10 bits per heavy atom. The Labute approximate surface area is 111 Å². The molecule has 9 heteroatoms. The summed E-state index contributed by atoms with van der Waals surface area (Å²) in [7, 11) is 0. The van der Waals surface area contributed by atoms with Gasteiger partial charge >= 0.3 is 12.1 Å². The lowest BCUT2D eigenvalue weighted by atomic mass is 10.3. The van der Waals surface area contributed by atoms with Crippen LogP contribution in [0.2, 0.25) is 0 Å². The molecule has 0 radical (unpaired) electrons. The number of pyridine rings is 1. The van der Waals surface area contributed by atoms with Crippen molar-refractivity contribution < 1.29 is 32.6 Å². The molecule has 1 atom stereocenters. The summed E-state index contributed by atoms with van der Waals surface area (Å²) in [5.74, 6) is -2.45. The maximum Gasteiger partial charge on any atom is 0.422 e. The Morgan fingerprint density at radius 3 is 2.65 bits per heavy atom. The number of hydrogen-bond acceptors (Lipinski definition) is 4. The average molecular weight is 292 g/mol. The number of nitrogens with one attached hydrogen (secondary N) is 1. The lowest BCUT2D eigenvalue weighted by Gasteiger charge is -2.11. The van der Waals surface area contributed by atoms with Crippen molar-refractivity contribution in [2.75, 3.05) is 6.61 Å². The van der Waals surface area contributed by atoms with Crippen molar-refractivity contribution in [3.05, 3.63) is 23.9 Å². The quantitative estimate of drug-likeness (QED) is 0.852. The van der Waals surface area contributed by atoms with E-state index in [9.17, 15) is 22.8 Å². The molecule has 0 aliphatic rings. The number of carbonyl (C=O) groups is 2. The second-order valence-corrected chi connectivity index (χ2v) is 3.80. The van der Waals surface area contributed by atoms with Crippen LogP contribution in [0.5, 0.6) is 5.88 Å². The van der Waals surface area contributed by atoms with E-state index in [-0.39, 0.29) is 11.6 Å². The van der Waals surface area contributed by atoms with Crippen LogP contribution in [0, 0.1) is 0 Å². The van der Waals surface area contributed by atoms with Gasteiger partial charge in [0.25, 0.3) is 5.91 Å². The number of hydrogen-bond donors (Lipinski definition) is 2. The van der Waals surface area contributed by atoms with Crippen LogP contribution in [0.15, 0.2) is 18.2 Å². The first-order chi connectivity index (χ1) is 9.19. The van der Waals surface area contributed by atoms with Crippen molar-refractivity contribution in [3.63, 3.8) is 0 Å². The Bertz CT molecular complexity index is 505. The second kappa shape index (κ2) is 6.22. The highest BCUT2D eigenvalue weighted by molar-refractivity contribution is 5.94. The van der Waals surface area contributed by atoms with Crippen molar-refractivity contribution in [1.29, 1.82) is 0 Å². The summed E-state index contributed by atoms with van der Waals surface area (Å²) in [4.78, 5) is 25.7. The topological polar surface area (TPSA) is 88.5 Å². The van der Waals surface area contributed by atoms with E-state index in [0.717, 1.165) is 6.07 Å². The molecule has 0 saturated carbocycles. The van der Waals surface area contributed by atoms with Gasteiger partial charge < -0.3 is 15.2 Å². The molecular weight excluding hydrogens is 281 g/mol. The van der Waals surface area contributed by atoms with E-state index in [0.29, 0.717) is 0 Å². The van der Waals surface area contributed by atoms with Gasteiger partial charge in [-0.05, 0) is 13.0 Å². The Morgan fingerprint density at radius 1 is 1.45 bits per heavy atom. The summed E-state index contributed by atoms with van der Waals surface area (Å²) >= 11 is 0. The average Bonchev–Trinajstić information content (AvgIpc) is 2.35. The van der Waals surface area contributed by atoms with Crippen LogP contribution in [0.3, 0.4) is 0 Å². The van der Waals surface area contributed by atoms with Gasteiger partial charge in [0, 0.05) is 6.07 Å². The molecule has 1 rings (SSSR count). The molecule has 0 aliphatic heterocycles. The van der Waals surface area contributed by atoms with Gasteiger partial charge in [-0.15, -0.1) is 0 Å². The molecule has 0 aliphatic carbocycles. The number of amides is 1. The SMILES string of the molecule is CC(NC(=O)c1cccc(OCC(F)(F)F)n1)C(=O)O. The molecule has 20 heavy (non-hydrogen) atoms. The van der Waals surface area contributed by atoms with Crippen molar-refractivity contribution in [3.8, 4) is 5.88 Å². The van der Waals surface area contributed by atoms with Crippen LogP contribution >= 0.6 is 0 Å². The van der Waals surface area contributed by atoms with E-state index in [1.165, 1.54) is 19.1 Å². The molecule has 0 spiro atoms. The molecular formula is C11H11F3N2O4. The molecule has 0 fully saturated rings. The number of carbonyl (C=O) groups excluding carboxylic acids is 1. The maximum atomic E-state index is 12.0. The minimum Gasteiger partial charge on any atom is -0.480 e. The van der Waals surface area contributed by atoms with Gasteiger partial charge in [-0.2, -0.15) is 13.2 Å². The van der Waals surface area contributed by atoms with Crippen LogP contribution in [0.1, 0.15) is 17.4 Å². The van der Waals surface area contributed by atoms with Gasteiger partial charge in [0.05, 0.1) is 0 Å². The van der Waals surface area contributed by atoms with E-state index in [4.69, 9.17) is 5.11 Å². The molecule has 1 aromatic rings. The Hall–Kier alpha value is -2.32. The molecule has 1 amide bonds. The van der Waals surface area contributed by atoms with E-state index >= 15 is 0 Å². The standard InChI is InChI=1S/C11H11F3N2O4/c1-6(10(18)19)15-9(17)7-3-2-4-8(16-7)20-5-11(12,13)14/h2-4,6H,5H2,1H3,(H,15,17)(H,18,19). The zero-order valence-electron chi connectivity index (χ0n) is 10.3. The molecule has 1 unspecified atom stereocenters. The highest BCUT2D eigenvalue weighted by Crippen LogP contribution is 2.17. The predicted molar refractivity (Wildman–Crippen MR) is 60.4 cm³/mol. The number of ether oxygens (including phenoxy) is 1. The lowest BCUT2D eigenvalue weighted by Crippen LogP contribution is -2.38. The molecule has 0 saturated heterocycles. The number of carboxylic acids is 1. The number of rotatable bonds is 5. The summed E-state index contributed by atoms with van der Waals surface area (Å²) in [5.41, 5.74) is -0.238. The van der Waals surface area contributed by atoms with Gasteiger partial charge in [-0.1, -0.05) is 6.07 Å². The summed E-state index contributed by atoms with van der Waals surface area (Å²) in [6.07, 6.45) is -4.52. The molecule has 110 valence electrons. The summed E-state index contributed by atoms with van der Waals surface area (Å²) in [5, 5.41) is 10.7. The number of aliphatic carboxylic acids is 1. The summed E-state index contributed by atoms with van der Waals surface area (Å²) in [6, 6.07) is 2.51. The maximum absolute atomic E-state index is 12.0. The zero-order chi connectivity index (χ0) is 15.3. The van der Waals surface area contributed by atoms with E-state index < -0.39 is 30.7 Å². The molecule has 6 nitrogen and oxygen atoms in total. The predicted octanol–water partition coefficient (Wildman–Crippen LogP) is 1.23. The number of alkyl halides is 3. The third-order valence-electron chi connectivity index (χ3n) is 2.06. The Balaban J connectivity index is 2.72. The summed E-state index contributed by atoms with van der Waals surface area (Å²) < 4.78 is 40.3. The van der Waals surface area contributed by atoms with Gasteiger partial charge in [-0.3, -0.25) is 9.59 Å². The normalized spacial score (nSPS) is 12.6. The largest absolute Gasteiger partial charge is 0.480 e. The zero-order valence-corrected chi connectivity index (χ0v) is 10.3. The van der Waals surface area contributed by atoms with Crippen LogP contribution < -0.4 is 10.1 Å². The van der Waals surface area contributed by atoms with Gasteiger partial charge in [-0.25, -0.2) is 4.98 Å². The smallest absolute Gasteiger partial charge is 0.422 e.